The number of hydrogen-bond acceptors (Lipinski definition) is 8. The molecule has 0 atom stereocenters. The molecule has 9 nitrogen and oxygen atoms in total. The lowest BCUT2D eigenvalue weighted by Crippen LogP contribution is -2.13. The lowest BCUT2D eigenvalue weighted by atomic mass is 9.80. The van der Waals surface area contributed by atoms with Gasteiger partial charge < -0.3 is 9.47 Å². The third-order valence-electron chi connectivity index (χ3n) is 5.80. The van der Waals surface area contributed by atoms with Gasteiger partial charge in [0.15, 0.2) is 0 Å². The van der Waals surface area contributed by atoms with Crippen molar-refractivity contribution < 1.29 is 14.4 Å². The summed E-state index contributed by atoms with van der Waals surface area (Å²) < 4.78 is 10.9. The van der Waals surface area contributed by atoms with Gasteiger partial charge in [-0.05, 0) is 47.6 Å². The fraction of sp³-hybridized carbons (Fsp3) is 0.333. The van der Waals surface area contributed by atoms with Crippen LogP contribution in [0.3, 0.4) is 0 Å². The molecule has 0 saturated heterocycles. The molecule has 0 aliphatic heterocycles. The summed E-state index contributed by atoms with van der Waals surface area (Å²) in [5.41, 5.74) is 3.37. The fourth-order valence-electron chi connectivity index (χ4n) is 4.19. The van der Waals surface area contributed by atoms with Crippen LogP contribution in [0.25, 0.3) is 0 Å². The third kappa shape index (κ3) is 6.50. The maximum Gasteiger partial charge on any atom is 0.269 e. The van der Waals surface area contributed by atoms with Gasteiger partial charge in [0.2, 0.25) is 0 Å². The van der Waals surface area contributed by atoms with Gasteiger partial charge in [-0.15, -0.1) is 10.2 Å². The first-order valence-electron chi connectivity index (χ1n) is 11.7. The first-order valence-corrected chi connectivity index (χ1v) is 11.7. The highest BCUT2D eigenvalue weighted by molar-refractivity contribution is 5.66. The average Bonchev–Trinajstić information content (AvgIpc) is 2.86. The minimum absolute atomic E-state index is 0.0165. The van der Waals surface area contributed by atoms with Crippen LogP contribution < -0.4 is 9.47 Å². The van der Waals surface area contributed by atoms with Crippen molar-refractivity contribution in [2.24, 2.45) is 32.3 Å². The van der Waals surface area contributed by atoms with Crippen molar-refractivity contribution >= 4 is 28.4 Å². The summed E-state index contributed by atoms with van der Waals surface area (Å²) in [6.45, 7) is 8.97. The highest BCUT2D eigenvalue weighted by Crippen LogP contribution is 2.41. The fourth-order valence-corrected chi connectivity index (χ4v) is 4.19. The smallest absolute Gasteiger partial charge is 0.269 e. The summed E-state index contributed by atoms with van der Waals surface area (Å²) in [6.07, 6.45) is 0. The van der Waals surface area contributed by atoms with Crippen molar-refractivity contribution in [3.05, 3.63) is 76.3 Å². The zero-order valence-electron chi connectivity index (χ0n) is 21.4. The minimum Gasteiger partial charge on any atom is -0.494 e. The van der Waals surface area contributed by atoms with E-state index in [0.29, 0.717) is 46.3 Å². The maximum atomic E-state index is 10.8. The van der Waals surface area contributed by atoms with Gasteiger partial charge in [0.25, 0.3) is 5.69 Å². The first kappa shape index (κ1) is 26.5. The van der Waals surface area contributed by atoms with Crippen LogP contribution in [0.2, 0.25) is 0 Å². The van der Waals surface area contributed by atoms with Crippen LogP contribution in [-0.2, 0) is 0 Å². The Hall–Kier alpha value is -4.14. The summed E-state index contributed by atoms with van der Waals surface area (Å²) in [7, 11) is 3.05. The maximum absolute atomic E-state index is 10.8. The molecule has 0 aliphatic carbocycles. The summed E-state index contributed by atoms with van der Waals surface area (Å²) in [4.78, 5) is 10.3. The quantitative estimate of drug-likeness (QED) is 0.161. The molecule has 0 spiro atoms. The number of benzene rings is 3. The number of nitro groups is 1. The van der Waals surface area contributed by atoms with E-state index in [1.54, 1.807) is 12.1 Å². The van der Waals surface area contributed by atoms with Gasteiger partial charge in [0.1, 0.15) is 22.9 Å². The van der Waals surface area contributed by atoms with E-state index in [2.05, 4.69) is 60.3 Å². The van der Waals surface area contributed by atoms with Gasteiger partial charge >= 0.3 is 0 Å². The van der Waals surface area contributed by atoms with Gasteiger partial charge in [0, 0.05) is 24.3 Å². The summed E-state index contributed by atoms with van der Waals surface area (Å²) in [5, 5.41) is 27.9. The number of azo groups is 2. The van der Waals surface area contributed by atoms with E-state index >= 15 is 0 Å². The van der Waals surface area contributed by atoms with Crippen LogP contribution in [0.4, 0.5) is 28.4 Å². The predicted octanol–water partition coefficient (Wildman–Crippen LogP) is 8.84. The number of non-ortho nitro benzene ring substituents is 1. The normalized spacial score (nSPS) is 11.8. The molecule has 3 rings (SSSR count). The number of ether oxygens (including phenoxy) is 2. The van der Waals surface area contributed by atoms with Crippen LogP contribution in [-0.4, -0.2) is 19.1 Å². The van der Waals surface area contributed by atoms with Crippen LogP contribution in [0, 0.1) is 22.0 Å². The molecule has 0 aromatic heterocycles. The number of nitrogens with zero attached hydrogens (tertiary/aromatic N) is 5. The molecule has 36 heavy (non-hydrogen) atoms. The van der Waals surface area contributed by atoms with Gasteiger partial charge in [0.05, 0.1) is 30.5 Å². The Morgan fingerprint density at radius 3 is 1.47 bits per heavy atom. The average molecular weight is 490 g/mol. The molecule has 3 aromatic carbocycles. The lowest BCUT2D eigenvalue weighted by Gasteiger charge is -2.25. The largest absolute Gasteiger partial charge is 0.494 e. The SMILES string of the molecule is COc1cc(N=Nc2ccc([N+](=O)[O-])cc2)c(OC)cc1N=Nc1ccc(C(C(C)C)C(C)C)cc1. The molecule has 0 heterocycles. The van der Waals surface area contributed by atoms with Crippen LogP contribution >= 0.6 is 0 Å². The van der Waals surface area contributed by atoms with Crippen LogP contribution in [0.1, 0.15) is 39.2 Å². The van der Waals surface area contributed by atoms with E-state index in [4.69, 9.17) is 9.47 Å². The van der Waals surface area contributed by atoms with E-state index in [0.717, 1.165) is 5.69 Å². The molecule has 0 N–H and O–H groups in total. The molecule has 0 radical (unpaired) electrons. The summed E-state index contributed by atoms with van der Waals surface area (Å²) in [5.74, 6) is 2.46. The second-order valence-electron chi connectivity index (χ2n) is 8.97. The highest BCUT2D eigenvalue weighted by Gasteiger charge is 2.19. The van der Waals surface area contributed by atoms with Crippen molar-refractivity contribution in [1.29, 1.82) is 0 Å². The van der Waals surface area contributed by atoms with Crippen molar-refractivity contribution in [2.45, 2.75) is 33.6 Å². The zero-order valence-corrected chi connectivity index (χ0v) is 21.4. The first-order chi connectivity index (χ1) is 17.2. The molecule has 0 fully saturated rings. The molecule has 0 bridgehead atoms. The lowest BCUT2D eigenvalue weighted by molar-refractivity contribution is -0.384. The number of nitro benzene ring substituents is 1. The molecule has 3 aromatic rings. The van der Waals surface area contributed by atoms with E-state index < -0.39 is 4.92 Å². The topological polar surface area (TPSA) is 111 Å². The van der Waals surface area contributed by atoms with Crippen LogP contribution in [0.15, 0.2) is 81.1 Å². The zero-order chi connectivity index (χ0) is 26.2. The Labute approximate surface area is 211 Å². The predicted molar refractivity (Wildman–Crippen MR) is 140 cm³/mol. The molecule has 188 valence electrons. The molecule has 0 amide bonds. The van der Waals surface area contributed by atoms with Crippen LogP contribution in [0.5, 0.6) is 11.5 Å². The molecular weight excluding hydrogens is 458 g/mol. The van der Waals surface area contributed by atoms with E-state index in [9.17, 15) is 10.1 Å². The Balaban J connectivity index is 1.84. The molecule has 0 unspecified atom stereocenters. The van der Waals surface area contributed by atoms with E-state index in [1.165, 1.54) is 44.0 Å². The van der Waals surface area contributed by atoms with E-state index in [1.807, 2.05) is 12.1 Å². The van der Waals surface area contributed by atoms with Crippen molar-refractivity contribution in [3.8, 4) is 11.5 Å². The van der Waals surface area contributed by atoms with Gasteiger partial charge in [-0.2, -0.15) is 10.2 Å². The van der Waals surface area contributed by atoms with Gasteiger partial charge in [-0.25, -0.2) is 0 Å². The number of rotatable bonds is 10. The summed E-state index contributed by atoms with van der Waals surface area (Å²) >= 11 is 0. The minimum atomic E-state index is -0.468. The number of hydrogen-bond donors (Lipinski definition) is 0. The van der Waals surface area contributed by atoms with Crippen molar-refractivity contribution in [1.82, 2.24) is 0 Å². The van der Waals surface area contributed by atoms with Gasteiger partial charge in [-0.3, -0.25) is 10.1 Å². The second kappa shape index (κ2) is 12.0. The standard InChI is InChI=1S/C27H31N5O4/c1-17(2)27(18(3)4)19-7-9-20(10-8-19)28-30-23-15-26(36-6)24(16-25(23)35-5)31-29-21-11-13-22(14-12-21)32(33)34/h7-18,27H,1-6H3. The highest BCUT2D eigenvalue weighted by atomic mass is 16.6. The molecule has 0 saturated carbocycles. The Kier molecular flexibility index (Phi) is 8.83. The van der Waals surface area contributed by atoms with Gasteiger partial charge in [-0.1, -0.05) is 39.8 Å². The van der Waals surface area contributed by atoms with E-state index in [-0.39, 0.29) is 5.69 Å². The summed E-state index contributed by atoms with van der Waals surface area (Å²) in [6, 6.07) is 17.3. The monoisotopic (exact) mass is 489 g/mol. The van der Waals surface area contributed by atoms with Crippen molar-refractivity contribution in [3.63, 3.8) is 0 Å². The molecule has 0 aliphatic rings. The number of methoxy groups -OCH3 is 2. The Morgan fingerprint density at radius 1 is 0.694 bits per heavy atom. The molecular formula is C27H31N5O4. The van der Waals surface area contributed by atoms with Crippen molar-refractivity contribution in [2.75, 3.05) is 14.2 Å². The Morgan fingerprint density at radius 2 is 1.11 bits per heavy atom. The molecule has 9 heteroatoms. The second-order valence-corrected chi connectivity index (χ2v) is 8.97. The third-order valence-corrected chi connectivity index (χ3v) is 5.80. The Bertz CT molecular complexity index is 1230.